The Hall–Kier alpha value is -2.18. The summed E-state index contributed by atoms with van der Waals surface area (Å²) in [4.78, 5) is 12.0. The fraction of sp³-hybridized carbons (Fsp3) is 0.375. The zero-order valence-corrected chi connectivity index (χ0v) is 12.4. The summed E-state index contributed by atoms with van der Waals surface area (Å²) in [6.07, 6.45) is 3.33. The molecule has 1 aromatic heterocycles. The Morgan fingerprint density at radius 3 is 2.86 bits per heavy atom. The van der Waals surface area contributed by atoms with Gasteiger partial charge in [-0.15, -0.1) is 0 Å². The predicted molar refractivity (Wildman–Crippen MR) is 82.2 cm³/mol. The summed E-state index contributed by atoms with van der Waals surface area (Å²) in [6, 6.07) is 10.1. The summed E-state index contributed by atoms with van der Waals surface area (Å²) in [5.41, 5.74) is 2.25. The topological polar surface area (TPSA) is 68.2 Å². The van der Waals surface area contributed by atoms with Gasteiger partial charge in [0.1, 0.15) is 6.10 Å². The highest BCUT2D eigenvalue weighted by Crippen LogP contribution is 2.06. The van der Waals surface area contributed by atoms with Gasteiger partial charge < -0.3 is 15.4 Å². The van der Waals surface area contributed by atoms with Crippen molar-refractivity contribution in [3.8, 4) is 0 Å². The average molecular weight is 300 g/mol. The largest absolute Gasteiger partial charge is 0.366 e. The van der Waals surface area contributed by atoms with Gasteiger partial charge in [0.15, 0.2) is 0 Å². The van der Waals surface area contributed by atoms with Crippen LogP contribution in [0.4, 0.5) is 0 Å². The molecular weight excluding hydrogens is 280 g/mol. The first kappa shape index (κ1) is 14.7. The summed E-state index contributed by atoms with van der Waals surface area (Å²) in [5, 5.41) is 10.2. The van der Waals surface area contributed by atoms with Crippen molar-refractivity contribution in [2.75, 3.05) is 19.7 Å². The lowest BCUT2D eigenvalue weighted by molar-refractivity contribution is -0.134. The van der Waals surface area contributed by atoms with Gasteiger partial charge in [0.25, 0.3) is 5.91 Å². The number of carbonyl (C=O) groups is 1. The molecule has 1 saturated heterocycles. The predicted octanol–water partition coefficient (Wildman–Crippen LogP) is 0.536. The van der Waals surface area contributed by atoms with Gasteiger partial charge in [0, 0.05) is 32.0 Å². The number of rotatable bonds is 5. The van der Waals surface area contributed by atoms with E-state index in [1.165, 1.54) is 5.56 Å². The summed E-state index contributed by atoms with van der Waals surface area (Å²) in [6.45, 7) is 3.23. The van der Waals surface area contributed by atoms with E-state index >= 15 is 0 Å². The highest BCUT2D eigenvalue weighted by molar-refractivity contribution is 5.81. The lowest BCUT2D eigenvalue weighted by Gasteiger charge is -2.22. The standard InChI is InChI=1S/C16H20N4O2/c21-16(15-11-17-7-9-22-15)18-10-13-2-4-14(5-3-13)12-20-8-1-6-19-20/h1-6,8,15,17H,7,9-12H2,(H,18,21). The molecule has 3 rings (SSSR count). The lowest BCUT2D eigenvalue weighted by atomic mass is 10.1. The number of hydrogen-bond acceptors (Lipinski definition) is 4. The number of nitrogens with one attached hydrogen (secondary N) is 2. The molecule has 116 valence electrons. The highest BCUT2D eigenvalue weighted by atomic mass is 16.5. The third-order valence-corrected chi connectivity index (χ3v) is 3.61. The van der Waals surface area contributed by atoms with Crippen LogP contribution in [0.3, 0.4) is 0 Å². The number of ether oxygens (including phenoxy) is 1. The molecule has 1 aliphatic heterocycles. The quantitative estimate of drug-likeness (QED) is 0.845. The van der Waals surface area contributed by atoms with Crippen molar-refractivity contribution in [2.24, 2.45) is 0 Å². The number of morpholine rings is 1. The van der Waals surface area contributed by atoms with Gasteiger partial charge in [-0.2, -0.15) is 5.10 Å². The van der Waals surface area contributed by atoms with Gasteiger partial charge in [-0.05, 0) is 17.2 Å². The van der Waals surface area contributed by atoms with Crippen LogP contribution < -0.4 is 10.6 Å². The number of benzene rings is 1. The van der Waals surface area contributed by atoms with E-state index in [0.717, 1.165) is 18.7 Å². The molecule has 6 heteroatoms. The maximum absolute atomic E-state index is 12.0. The number of carbonyl (C=O) groups excluding carboxylic acids is 1. The molecule has 0 spiro atoms. The molecular formula is C16H20N4O2. The molecule has 2 heterocycles. The molecule has 1 unspecified atom stereocenters. The third-order valence-electron chi connectivity index (χ3n) is 3.61. The van der Waals surface area contributed by atoms with Crippen molar-refractivity contribution in [3.63, 3.8) is 0 Å². The Bertz CT molecular complexity index is 589. The Labute approximate surface area is 129 Å². The van der Waals surface area contributed by atoms with Gasteiger partial charge in [0.2, 0.25) is 0 Å². The van der Waals surface area contributed by atoms with E-state index in [0.29, 0.717) is 19.7 Å². The van der Waals surface area contributed by atoms with Crippen LogP contribution in [-0.4, -0.2) is 41.5 Å². The van der Waals surface area contributed by atoms with Gasteiger partial charge in [-0.3, -0.25) is 9.48 Å². The maximum atomic E-state index is 12.0. The Balaban J connectivity index is 1.49. The van der Waals surface area contributed by atoms with Crippen molar-refractivity contribution in [1.29, 1.82) is 0 Å². The zero-order valence-electron chi connectivity index (χ0n) is 12.4. The van der Waals surface area contributed by atoms with Crippen LogP contribution in [0, 0.1) is 0 Å². The van der Waals surface area contributed by atoms with Crippen LogP contribution in [-0.2, 0) is 22.6 Å². The molecule has 0 saturated carbocycles. The van der Waals surface area contributed by atoms with Crippen LogP contribution >= 0.6 is 0 Å². The monoisotopic (exact) mass is 300 g/mol. The first-order valence-electron chi connectivity index (χ1n) is 7.46. The minimum absolute atomic E-state index is 0.0622. The Kier molecular flexibility index (Phi) is 4.82. The van der Waals surface area contributed by atoms with E-state index in [4.69, 9.17) is 4.74 Å². The van der Waals surface area contributed by atoms with Crippen molar-refractivity contribution in [3.05, 3.63) is 53.9 Å². The smallest absolute Gasteiger partial charge is 0.250 e. The van der Waals surface area contributed by atoms with E-state index in [9.17, 15) is 4.79 Å². The SMILES string of the molecule is O=C(NCc1ccc(Cn2cccn2)cc1)C1CNCCO1. The number of amides is 1. The van der Waals surface area contributed by atoms with E-state index in [-0.39, 0.29) is 12.0 Å². The van der Waals surface area contributed by atoms with E-state index in [2.05, 4.69) is 27.9 Å². The van der Waals surface area contributed by atoms with Crippen molar-refractivity contribution >= 4 is 5.91 Å². The van der Waals surface area contributed by atoms with E-state index < -0.39 is 0 Å². The second-order valence-corrected chi connectivity index (χ2v) is 5.30. The van der Waals surface area contributed by atoms with E-state index in [1.54, 1.807) is 6.20 Å². The molecule has 1 atom stereocenters. The Morgan fingerprint density at radius 2 is 2.18 bits per heavy atom. The summed E-state index contributed by atoms with van der Waals surface area (Å²) in [7, 11) is 0. The van der Waals surface area contributed by atoms with Crippen molar-refractivity contribution in [2.45, 2.75) is 19.2 Å². The molecule has 0 aliphatic carbocycles. The van der Waals surface area contributed by atoms with Gasteiger partial charge in [-0.1, -0.05) is 24.3 Å². The van der Waals surface area contributed by atoms with Gasteiger partial charge >= 0.3 is 0 Å². The summed E-state index contributed by atoms with van der Waals surface area (Å²) >= 11 is 0. The highest BCUT2D eigenvalue weighted by Gasteiger charge is 2.21. The Morgan fingerprint density at radius 1 is 1.36 bits per heavy atom. The van der Waals surface area contributed by atoms with Gasteiger partial charge in [0.05, 0.1) is 13.2 Å². The lowest BCUT2D eigenvalue weighted by Crippen LogP contribution is -2.47. The van der Waals surface area contributed by atoms with Crippen molar-refractivity contribution < 1.29 is 9.53 Å². The van der Waals surface area contributed by atoms with Crippen molar-refractivity contribution in [1.82, 2.24) is 20.4 Å². The number of hydrogen-bond donors (Lipinski definition) is 2. The second-order valence-electron chi connectivity index (χ2n) is 5.30. The number of aromatic nitrogens is 2. The molecule has 0 radical (unpaired) electrons. The van der Waals surface area contributed by atoms with Crippen LogP contribution in [0.15, 0.2) is 42.7 Å². The van der Waals surface area contributed by atoms with E-state index in [1.807, 2.05) is 29.1 Å². The normalized spacial score (nSPS) is 18.1. The zero-order chi connectivity index (χ0) is 15.2. The first-order valence-corrected chi connectivity index (χ1v) is 7.46. The molecule has 1 amide bonds. The minimum Gasteiger partial charge on any atom is -0.366 e. The third kappa shape index (κ3) is 3.93. The molecule has 2 N–H and O–H groups in total. The molecule has 2 aromatic rings. The van der Waals surface area contributed by atoms with Crippen LogP contribution in [0.1, 0.15) is 11.1 Å². The first-order chi connectivity index (χ1) is 10.8. The fourth-order valence-corrected chi connectivity index (χ4v) is 2.38. The molecule has 1 aliphatic rings. The minimum atomic E-state index is -0.382. The number of nitrogens with zero attached hydrogens (tertiary/aromatic N) is 2. The summed E-state index contributed by atoms with van der Waals surface area (Å²) < 4.78 is 7.30. The average Bonchev–Trinajstić information content (AvgIpc) is 3.08. The molecule has 22 heavy (non-hydrogen) atoms. The molecule has 0 bridgehead atoms. The fourth-order valence-electron chi connectivity index (χ4n) is 2.38. The van der Waals surface area contributed by atoms with Crippen LogP contribution in [0.2, 0.25) is 0 Å². The summed E-state index contributed by atoms with van der Waals surface area (Å²) in [5.74, 6) is -0.0622. The second kappa shape index (κ2) is 7.20. The molecule has 6 nitrogen and oxygen atoms in total. The van der Waals surface area contributed by atoms with Crippen LogP contribution in [0.5, 0.6) is 0 Å². The van der Waals surface area contributed by atoms with Gasteiger partial charge in [-0.25, -0.2) is 0 Å². The van der Waals surface area contributed by atoms with Crippen LogP contribution in [0.25, 0.3) is 0 Å². The molecule has 1 fully saturated rings. The molecule has 1 aromatic carbocycles. The maximum Gasteiger partial charge on any atom is 0.250 e.